The van der Waals surface area contributed by atoms with Crippen molar-refractivity contribution in [2.24, 2.45) is 0 Å². The van der Waals surface area contributed by atoms with Crippen molar-refractivity contribution in [2.45, 2.75) is 6.42 Å². The van der Waals surface area contributed by atoms with Crippen molar-refractivity contribution in [1.82, 2.24) is 4.90 Å². The summed E-state index contributed by atoms with van der Waals surface area (Å²) >= 11 is 0. The Morgan fingerprint density at radius 3 is 2.48 bits per heavy atom. The monoisotopic (exact) mass is 294 g/mol. The number of piperazine rings is 1. The minimum Gasteiger partial charge on any atom is -0.497 e. The first-order valence-corrected chi connectivity index (χ1v) is 7.05. The molecule has 1 aliphatic heterocycles. The Bertz CT molecular complexity index is 485. The molecule has 0 amide bonds. The van der Waals surface area contributed by atoms with Gasteiger partial charge in [-0.25, -0.2) is 0 Å². The lowest BCUT2D eigenvalue weighted by Gasteiger charge is -2.36. The van der Waals surface area contributed by atoms with Crippen LogP contribution in [0.25, 0.3) is 0 Å². The zero-order chi connectivity index (χ0) is 15.2. The third kappa shape index (κ3) is 4.01. The van der Waals surface area contributed by atoms with Gasteiger partial charge in [-0.05, 0) is 12.1 Å². The van der Waals surface area contributed by atoms with Crippen LogP contribution in [0.1, 0.15) is 6.42 Å². The number of methoxy groups -OCH3 is 2. The van der Waals surface area contributed by atoms with E-state index in [1.807, 2.05) is 18.2 Å². The van der Waals surface area contributed by atoms with Crippen LogP contribution >= 0.6 is 0 Å². The SMILES string of the molecule is COc1ccc(N2CCN(CCC(=O)O)CC2)c(OC)c1. The Labute approximate surface area is 124 Å². The second-order valence-corrected chi connectivity index (χ2v) is 5.01. The fourth-order valence-electron chi connectivity index (χ4n) is 2.51. The molecule has 1 heterocycles. The van der Waals surface area contributed by atoms with Crippen molar-refractivity contribution in [3.05, 3.63) is 18.2 Å². The van der Waals surface area contributed by atoms with Crippen molar-refractivity contribution in [3.63, 3.8) is 0 Å². The molecule has 0 bridgehead atoms. The van der Waals surface area contributed by atoms with E-state index in [4.69, 9.17) is 14.6 Å². The first-order valence-electron chi connectivity index (χ1n) is 7.05. The highest BCUT2D eigenvalue weighted by Gasteiger charge is 2.20. The summed E-state index contributed by atoms with van der Waals surface area (Å²) in [6.07, 6.45) is 0.200. The predicted molar refractivity (Wildman–Crippen MR) is 80.5 cm³/mol. The maximum absolute atomic E-state index is 10.6. The van der Waals surface area contributed by atoms with Crippen LogP contribution in [-0.2, 0) is 4.79 Å². The summed E-state index contributed by atoms with van der Waals surface area (Å²) in [7, 11) is 3.29. The van der Waals surface area contributed by atoms with Crippen molar-refractivity contribution in [2.75, 3.05) is 51.8 Å². The fourth-order valence-corrected chi connectivity index (χ4v) is 2.51. The van der Waals surface area contributed by atoms with Crippen LogP contribution in [0.15, 0.2) is 18.2 Å². The Balaban J connectivity index is 1.97. The topological polar surface area (TPSA) is 62.2 Å². The average Bonchev–Trinajstić information content (AvgIpc) is 2.52. The molecule has 6 heteroatoms. The molecule has 1 fully saturated rings. The molecular weight excluding hydrogens is 272 g/mol. The molecule has 1 aromatic rings. The maximum Gasteiger partial charge on any atom is 0.304 e. The number of ether oxygens (including phenoxy) is 2. The zero-order valence-electron chi connectivity index (χ0n) is 12.5. The summed E-state index contributed by atoms with van der Waals surface area (Å²) < 4.78 is 10.6. The van der Waals surface area contributed by atoms with Gasteiger partial charge in [-0.3, -0.25) is 9.69 Å². The molecule has 6 nitrogen and oxygen atoms in total. The predicted octanol–water partition coefficient (Wildman–Crippen LogP) is 1.30. The molecule has 1 saturated heterocycles. The molecule has 1 aliphatic rings. The van der Waals surface area contributed by atoms with Crippen molar-refractivity contribution >= 4 is 11.7 Å². The maximum atomic E-state index is 10.6. The molecule has 116 valence electrons. The van der Waals surface area contributed by atoms with Gasteiger partial charge in [-0.2, -0.15) is 0 Å². The largest absolute Gasteiger partial charge is 0.497 e. The van der Waals surface area contributed by atoms with Crippen molar-refractivity contribution in [1.29, 1.82) is 0 Å². The summed E-state index contributed by atoms with van der Waals surface area (Å²) in [5, 5.41) is 8.73. The number of benzene rings is 1. The molecule has 0 atom stereocenters. The van der Waals surface area contributed by atoms with Gasteiger partial charge in [0.2, 0.25) is 0 Å². The molecule has 2 rings (SSSR count). The van der Waals surface area contributed by atoms with E-state index in [2.05, 4.69) is 9.80 Å². The third-order valence-electron chi connectivity index (χ3n) is 3.74. The van der Waals surface area contributed by atoms with Crippen molar-refractivity contribution in [3.8, 4) is 11.5 Å². The first-order chi connectivity index (χ1) is 10.1. The number of aliphatic carboxylic acids is 1. The average molecular weight is 294 g/mol. The van der Waals surface area contributed by atoms with Crippen LogP contribution in [-0.4, -0.2) is 62.9 Å². The molecule has 0 radical (unpaired) electrons. The van der Waals surface area contributed by atoms with Gasteiger partial charge >= 0.3 is 5.97 Å². The molecule has 21 heavy (non-hydrogen) atoms. The minimum absolute atomic E-state index is 0.200. The van der Waals surface area contributed by atoms with Crippen LogP contribution in [0.2, 0.25) is 0 Å². The summed E-state index contributed by atoms with van der Waals surface area (Å²) in [6, 6.07) is 5.81. The fraction of sp³-hybridized carbons (Fsp3) is 0.533. The minimum atomic E-state index is -0.741. The lowest BCUT2D eigenvalue weighted by molar-refractivity contribution is -0.137. The van der Waals surface area contributed by atoms with Gasteiger partial charge in [0.1, 0.15) is 11.5 Å². The van der Waals surface area contributed by atoms with Gasteiger partial charge in [0, 0.05) is 38.8 Å². The lowest BCUT2D eigenvalue weighted by atomic mass is 10.2. The molecule has 0 unspecified atom stereocenters. The highest BCUT2D eigenvalue weighted by Crippen LogP contribution is 2.32. The molecule has 0 aliphatic carbocycles. The van der Waals surface area contributed by atoms with E-state index in [9.17, 15) is 4.79 Å². The van der Waals surface area contributed by atoms with Crippen LogP contribution < -0.4 is 14.4 Å². The Hall–Kier alpha value is -1.95. The Morgan fingerprint density at radius 2 is 1.90 bits per heavy atom. The standard InChI is InChI=1S/C15H22N2O4/c1-20-12-3-4-13(14(11-12)21-2)17-9-7-16(8-10-17)6-5-15(18)19/h3-4,11H,5-10H2,1-2H3,(H,18,19). The van der Waals surface area contributed by atoms with E-state index in [0.29, 0.717) is 6.54 Å². The summed E-state index contributed by atoms with van der Waals surface area (Å²) in [5.41, 5.74) is 1.05. The van der Waals surface area contributed by atoms with E-state index < -0.39 is 5.97 Å². The first kappa shape index (κ1) is 15.4. The zero-order valence-corrected chi connectivity index (χ0v) is 12.5. The second-order valence-electron chi connectivity index (χ2n) is 5.01. The number of nitrogens with zero attached hydrogens (tertiary/aromatic N) is 2. The lowest BCUT2D eigenvalue weighted by Crippen LogP contribution is -2.47. The van der Waals surface area contributed by atoms with Crippen LogP contribution in [0.4, 0.5) is 5.69 Å². The smallest absolute Gasteiger partial charge is 0.304 e. The summed E-state index contributed by atoms with van der Waals surface area (Å²) in [4.78, 5) is 15.0. The second kappa shape index (κ2) is 7.17. The molecular formula is C15H22N2O4. The normalized spacial score (nSPS) is 15.8. The summed E-state index contributed by atoms with van der Waals surface area (Å²) in [5.74, 6) is 0.832. The Morgan fingerprint density at radius 1 is 1.19 bits per heavy atom. The van der Waals surface area contributed by atoms with E-state index in [1.54, 1.807) is 14.2 Å². The van der Waals surface area contributed by atoms with Crippen LogP contribution in [0, 0.1) is 0 Å². The number of carbonyl (C=O) groups is 1. The number of rotatable bonds is 6. The molecule has 0 saturated carbocycles. The number of hydrogen-bond acceptors (Lipinski definition) is 5. The van der Waals surface area contributed by atoms with Gasteiger partial charge < -0.3 is 19.5 Å². The quantitative estimate of drug-likeness (QED) is 0.853. The van der Waals surface area contributed by atoms with Gasteiger partial charge in [-0.15, -0.1) is 0 Å². The number of anilines is 1. The third-order valence-corrected chi connectivity index (χ3v) is 3.74. The number of hydrogen-bond donors (Lipinski definition) is 1. The number of carboxylic acids is 1. The molecule has 0 aromatic heterocycles. The van der Waals surface area contributed by atoms with E-state index in [0.717, 1.165) is 43.4 Å². The molecule has 1 N–H and O–H groups in total. The van der Waals surface area contributed by atoms with Gasteiger partial charge in [-0.1, -0.05) is 0 Å². The van der Waals surface area contributed by atoms with Gasteiger partial charge in [0.05, 0.1) is 26.3 Å². The highest BCUT2D eigenvalue weighted by molar-refractivity contribution is 5.66. The van der Waals surface area contributed by atoms with E-state index in [-0.39, 0.29) is 6.42 Å². The van der Waals surface area contributed by atoms with E-state index >= 15 is 0 Å². The van der Waals surface area contributed by atoms with Gasteiger partial charge in [0.25, 0.3) is 0 Å². The van der Waals surface area contributed by atoms with E-state index in [1.165, 1.54) is 0 Å². The molecule has 0 spiro atoms. The molecule has 1 aromatic carbocycles. The number of carboxylic acid groups (broad SMARTS) is 1. The van der Waals surface area contributed by atoms with Gasteiger partial charge in [0.15, 0.2) is 0 Å². The highest BCUT2D eigenvalue weighted by atomic mass is 16.5. The van der Waals surface area contributed by atoms with Crippen LogP contribution in [0.3, 0.4) is 0 Å². The van der Waals surface area contributed by atoms with Crippen molar-refractivity contribution < 1.29 is 19.4 Å². The summed E-state index contributed by atoms with van der Waals surface area (Å²) in [6.45, 7) is 4.07. The van der Waals surface area contributed by atoms with Crippen LogP contribution in [0.5, 0.6) is 11.5 Å². The Kier molecular flexibility index (Phi) is 5.27.